The molecule has 0 heterocycles. The molecule has 0 bridgehead atoms. The molecule has 0 aromatic heterocycles. The SMILES string of the molecule is COC(=O)c1cccc(CCCCCC[C@H](C(=O)O)C(C)C)c1OC. The molecule has 1 N–H and O–H groups in total. The number of carbonyl (C=O) groups is 2. The smallest absolute Gasteiger partial charge is 0.341 e. The highest BCUT2D eigenvalue weighted by Gasteiger charge is 2.20. The minimum Gasteiger partial charge on any atom is -0.496 e. The second-order valence-electron chi connectivity index (χ2n) is 6.63. The van der Waals surface area contributed by atoms with Crippen LogP contribution in [-0.4, -0.2) is 31.3 Å². The molecule has 1 atom stereocenters. The van der Waals surface area contributed by atoms with Crippen molar-refractivity contribution < 1.29 is 24.2 Å². The predicted octanol–water partition coefficient (Wildman–Crippen LogP) is 4.33. The molecule has 0 unspecified atom stereocenters. The number of methoxy groups -OCH3 is 2. The van der Waals surface area contributed by atoms with Crippen LogP contribution in [0.25, 0.3) is 0 Å². The van der Waals surface area contributed by atoms with Gasteiger partial charge < -0.3 is 14.6 Å². The van der Waals surface area contributed by atoms with Crippen LogP contribution in [0.2, 0.25) is 0 Å². The molecule has 0 spiro atoms. The van der Waals surface area contributed by atoms with Crippen LogP contribution >= 0.6 is 0 Å². The molecule has 0 saturated heterocycles. The number of carbonyl (C=O) groups excluding carboxylic acids is 1. The summed E-state index contributed by atoms with van der Waals surface area (Å²) in [4.78, 5) is 23.0. The summed E-state index contributed by atoms with van der Waals surface area (Å²) < 4.78 is 10.2. The van der Waals surface area contributed by atoms with Gasteiger partial charge in [-0.15, -0.1) is 0 Å². The van der Waals surface area contributed by atoms with Crippen LogP contribution in [-0.2, 0) is 16.0 Å². The quantitative estimate of drug-likeness (QED) is 0.475. The van der Waals surface area contributed by atoms with Gasteiger partial charge in [-0.3, -0.25) is 4.79 Å². The third-order valence-electron chi connectivity index (χ3n) is 4.54. The van der Waals surface area contributed by atoms with Crippen molar-refractivity contribution in [1.29, 1.82) is 0 Å². The van der Waals surface area contributed by atoms with Crippen LogP contribution in [0.15, 0.2) is 18.2 Å². The van der Waals surface area contributed by atoms with Gasteiger partial charge in [0, 0.05) is 0 Å². The number of esters is 1. The highest BCUT2D eigenvalue weighted by Crippen LogP contribution is 2.26. The molecule has 0 fully saturated rings. The van der Waals surface area contributed by atoms with Gasteiger partial charge in [0.2, 0.25) is 0 Å². The summed E-state index contributed by atoms with van der Waals surface area (Å²) in [7, 11) is 2.92. The van der Waals surface area contributed by atoms with Crippen molar-refractivity contribution in [2.45, 2.75) is 52.4 Å². The molecule has 0 aliphatic rings. The second kappa shape index (κ2) is 10.7. The maximum Gasteiger partial charge on any atom is 0.341 e. The van der Waals surface area contributed by atoms with E-state index in [4.69, 9.17) is 9.47 Å². The van der Waals surface area contributed by atoms with E-state index in [9.17, 15) is 14.7 Å². The van der Waals surface area contributed by atoms with Crippen molar-refractivity contribution in [3.8, 4) is 5.75 Å². The van der Waals surface area contributed by atoms with E-state index in [0.29, 0.717) is 11.3 Å². The first-order valence-electron chi connectivity index (χ1n) is 8.89. The van der Waals surface area contributed by atoms with Crippen molar-refractivity contribution in [1.82, 2.24) is 0 Å². The molecule has 0 amide bonds. The summed E-state index contributed by atoms with van der Waals surface area (Å²) >= 11 is 0. The zero-order valence-electron chi connectivity index (χ0n) is 15.7. The van der Waals surface area contributed by atoms with Gasteiger partial charge in [-0.05, 0) is 36.8 Å². The van der Waals surface area contributed by atoms with E-state index in [1.807, 2.05) is 26.0 Å². The maximum atomic E-state index is 11.8. The normalized spacial score (nSPS) is 12.0. The van der Waals surface area contributed by atoms with Gasteiger partial charge in [-0.25, -0.2) is 4.79 Å². The summed E-state index contributed by atoms with van der Waals surface area (Å²) in [6, 6.07) is 5.50. The van der Waals surface area contributed by atoms with Crippen LogP contribution in [0.5, 0.6) is 5.75 Å². The summed E-state index contributed by atoms with van der Waals surface area (Å²) in [5.74, 6) is -0.591. The van der Waals surface area contributed by atoms with Gasteiger partial charge in [-0.1, -0.05) is 45.2 Å². The third-order valence-corrected chi connectivity index (χ3v) is 4.54. The minimum absolute atomic E-state index is 0.169. The number of unbranched alkanes of at least 4 members (excludes halogenated alkanes) is 3. The van der Waals surface area contributed by atoms with E-state index in [1.54, 1.807) is 13.2 Å². The first-order chi connectivity index (χ1) is 11.9. The van der Waals surface area contributed by atoms with Crippen molar-refractivity contribution in [2.24, 2.45) is 11.8 Å². The van der Waals surface area contributed by atoms with E-state index >= 15 is 0 Å². The molecule has 5 heteroatoms. The molecule has 0 aliphatic heterocycles. The zero-order chi connectivity index (χ0) is 18.8. The number of hydrogen-bond acceptors (Lipinski definition) is 4. The van der Waals surface area contributed by atoms with Crippen LogP contribution < -0.4 is 4.74 Å². The van der Waals surface area contributed by atoms with Gasteiger partial charge in [0.15, 0.2) is 0 Å². The first kappa shape index (κ1) is 21.0. The summed E-state index contributed by atoms with van der Waals surface area (Å²) in [5.41, 5.74) is 1.44. The molecule has 0 radical (unpaired) electrons. The lowest BCUT2D eigenvalue weighted by Crippen LogP contribution is -2.19. The van der Waals surface area contributed by atoms with Crippen LogP contribution in [0.1, 0.15) is 61.9 Å². The average molecular weight is 350 g/mol. The molecular weight excluding hydrogens is 320 g/mol. The van der Waals surface area contributed by atoms with Gasteiger partial charge in [0.1, 0.15) is 11.3 Å². The highest BCUT2D eigenvalue weighted by molar-refractivity contribution is 5.92. The van der Waals surface area contributed by atoms with Crippen molar-refractivity contribution in [3.63, 3.8) is 0 Å². The number of aryl methyl sites for hydroxylation is 1. The van der Waals surface area contributed by atoms with E-state index < -0.39 is 11.9 Å². The Labute approximate surface area is 150 Å². The van der Waals surface area contributed by atoms with Crippen molar-refractivity contribution in [3.05, 3.63) is 29.3 Å². The Balaban J connectivity index is 2.47. The van der Waals surface area contributed by atoms with Gasteiger partial charge in [0.05, 0.1) is 20.1 Å². The lowest BCUT2D eigenvalue weighted by atomic mass is 9.90. The summed E-state index contributed by atoms with van der Waals surface area (Å²) in [6.45, 7) is 3.92. The Bertz CT molecular complexity index is 565. The standard InChI is InChI=1S/C20H30O5/c1-14(2)16(19(21)22)12-8-6-5-7-10-15-11-9-13-17(18(15)24-3)20(23)25-4/h9,11,13-14,16H,5-8,10,12H2,1-4H3,(H,21,22)/t16-/m0/s1. The number of carboxylic acid groups (broad SMARTS) is 1. The number of aliphatic carboxylic acids is 1. The second-order valence-corrected chi connectivity index (χ2v) is 6.63. The summed E-state index contributed by atoms with van der Waals surface area (Å²) in [6.07, 6.45) is 5.48. The molecule has 1 rings (SSSR count). The topological polar surface area (TPSA) is 72.8 Å². The minimum atomic E-state index is -0.695. The van der Waals surface area contributed by atoms with Crippen molar-refractivity contribution >= 4 is 11.9 Å². The van der Waals surface area contributed by atoms with E-state index in [-0.39, 0.29) is 11.8 Å². The number of hydrogen-bond donors (Lipinski definition) is 1. The van der Waals surface area contributed by atoms with Crippen LogP contribution in [0, 0.1) is 11.8 Å². The van der Waals surface area contributed by atoms with Gasteiger partial charge >= 0.3 is 11.9 Å². The largest absolute Gasteiger partial charge is 0.496 e. The number of para-hydroxylation sites is 1. The Morgan fingerprint density at radius 2 is 1.76 bits per heavy atom. The molecule has 0 aliphatic carbocycles. The van der Waals surface area contributed by atoms with Crippen LogP contribution in [0.3, 0.4) is 0 Å². The summed E-state index contributed by atoms with van der Waals surface area (Å²) in [5, 5.41) is 9.19. The Morgan fingerprint density at radius 1 is 1.08 bits per heavy atom. The fraction of sp³-hybridized carbons (Fsp3) is 0.600. The van der Waals surface area contributed by atoms with E-state index in [0.717, 1.165) is 44.1 Å². The molecular formula is C20H30O5. The lowest BCUT2D eigenvalue weighted by molar-refractivity contribution is -0.143. The number of benzene rings is 1. The zero-order valence-corrected chi connectivity index (χ0v) is 15.7. The highest BCUT2D eigenvalue weighted by atomic mass is 16.5. The monoisotopic (exact) mass is 350 g/mol. The van der Waals surface area contributed by atoms with Crippen molar-refractivity contribution in [2.75, 3.05) is 14.2 Å². The molecule has 25 heavy (non-hydrogen) atoms. The molecule has 1 aromatic carbocycles. The molecule has 1 aromatic rings. The Kier molecular flexibility index (Phi) is 9.03. The fourth-order valence-corrected chi connectivity index (χ4v) is 3.07. The van der Waals surface area contributed by atoms with Crippen LogP contribution in [0.4, 0.5) is 0 Å². The average Bonchev–Trinajstić information content (AvgIpc) is 2.59. The van der Waals surface area contributed by atoms with Gasteiger partial charge in [-0.2, -0.15) is 0 Å². The number of carboxylic acids is 1. The van der Waals surface area contributed by atoms with E-state index in [2.05, 4.69) is 0 Å². The molecule has 140 valence electrons. The van der Waals surface area contributed by atoms with Gasteiger partial charge in [0.25, 0.3) is 0 Å². The number of ether oxygens (including phenoxy) is 2. The third kappa shape index (κ3) is 6.40. The lowest BCUT2D eigenvalue weighted by Gasteiger charge is -2.15. The Morgan fingerprint density at radius 3 is 2.32 bits per heavy atom. The first-order valence-corrected chi connectivity index (χ1v) is 8.89. The number of rotatable bonds is 11. The Hall–Kier alpha value is -2.04. The predicted molar refractivity (Wildman–Crippen MR) is 97.1 cm³/mol. The maximum absolute atomic E-state index is 11.8. The molecule has 5 nitrogen and oxygen atoms in total. The van der Waals surface area contributed by atoms with E-state index in [1.165, 1.54) is 7.11 Å². The molecule has 0 saturated carbocycles. The fourth-order valence-electron chi connectivity index (χ4n) is 3.07.